The van der Waals surface area contributed by atoms with Gasteiger partial charge < -0.3 is 5.32 Å². The summed E-state index contributed by atoms with van der Waals surface area (Å²) in [5.41, 5.74) is 2.36. The van der Waals surface area contributed by atoms with Gasteiger partial charge in [-0.1, -0.05) is 0 Å². The second-order valence-corrected chi connectivity index (χ2v) is 7.62. The van der Waals surface area contributed by atoms with Gasteiger partial charge in [0.1, 0.15) is 11.6 Å². The molecule has 2 aromatic heterocycles. The molecule has 0 aromatic carbocycles. The Hall–Kier alpha value is -1.95. The fourth-order valence-electron chi connectivity index (χ4n) is 4.06. The van der Waals surface area contributed by atoms with Crippen LogP contribution in [-0.2, 0) is 7.05 Å². The Bertz CT molecular complexity index is 735. The van der Waals surface area contributed by atoms with Gasteiger partial charge in [-0.05, 0) is 58.2 Å². The van der Waals surface area contributed by atoms with Crippen LogP contribution in [0.15, 0.2) is 18.3 Å². The Morgan fingerprint density at radius 3 is 2.76 bits per heavy atom. The summed E-state index contributed by atoms with van der Waals surface area (Å²) in [5.74, 6) is 3.13. The van der Waals surface area contributed by atoms with Crippen molar-refractivity contribution < 1.29 is 0 Å². The zero-order valence-corrected chi connectivity index (χ0v) is 15.4. The van der Waals surface area contributed by atoms with Crippen molar-refractivity contribution in [2.45, 2.75) is 44.6 Å². The molecule has 1 aliphatic heterocycles. The van der Waals surface area contributed by atoms with Gasteiger partial charge in [-0.3, -0.25) is 9.58 Å². The fourth-order valence-corrected chi connectivity index (χ4v) is 4.06. The molecule has 0 radical (unpaired) electrons. The third-order valence-electron chi connectivity index (χ3n) is 5.53. The highest BCUT2D eigenvalue weighted by molar-refractivity contribution is 5.37. The van der Waals surface area contributed by atoms with E-state index >= 15 is 0 Å². The zero-order valence-electron chi connectivity index (χ0n) is 15.4. The van der Waals surface area contributed by atoms with Crippen molar-refractivity contribution in [3.63, 3.8) is 0 Å². The Morgan fingerprint density at radius 1 is 1.20 bits per heavy atom. The van der Waals surface area contributed by atoms with Crippen LogP contribution in [0, 0.1) is 12.8 Å². The molecule has 0 bridgehead atoms. The largest absolute Gasteiger partial charge is 0.370 e. The molecule has 4 rings (SSSR count). The SMILES string of the molecule is Cc1cc(NC[C@@H]2CCCN(C)[C@H]2c2ccnn2C)nc(C2CC2)n1. The van der Waals surface area contributed by atoms with Gasteiger partial charge in [0.15, 0.2) is 0 Å². The maximum atomic E-state index is 4.75. The van der Waals surface area contributed by atoms with Crippen LogP contribution in [0.25, 0.3) is 0 Å². The van der Waals surface area contributed by atoms with Crippen molar-refractivity contribution in [3.05, 3.63) is 35.5 Å². The lowest BCUT2D eigenvalue weighted by molar-refractivity contribution is 0.121. The van der Waals surface area contributed by atoms with Crippen molar-refractivity contribution in [1.29, 1.82) is 0 Å². The molecule has 1 saturated heterocycles. The molecule has 0 amide bonds. The highest BCUT2D eigenvalue weighted by atomic mass is 15.3. The number of likely N-dealkylation sites (tertiary alicyclic amines) is 1. The van der Waals surface area contributed by atoms with Gasteiger partial charge in [-0.2, -0.15) is 5.10 Å². The third kappa shape index (κ3) is 3.54. The summed E-state index contributed by atoms with van der Waals surface area (Å²) in [6.45, 7) is 4.14. The van der Waals surface area contributed by atoms with Gasteiger partial charge in [0.25, 0.3) is 0 Å². The number of anilines is 1. The number of nitrogens with zero attached hydrogens (tertiary/aromatic N) is 5. The molecule has 2 fully saturated rings. The number of nitrogens with one attached hydrogen (secondary N) is 1. The summed E-state index contributed by atoms with van der Waals surface area (Å²) >= 11 is 0. The average Bonchev–Trinajstić information content (AvgIpc) is 3.35. The maximum absolute atomic E-state index is 4.75. The highest BCUT2D eigenvalue weighted by Crippen LogP contribution is 2.38. The van der Waals surface area contributed by atoms with Gasteiger partial charge in [-0.15, -0.1) is 0 Å². The summed E-state index contributed by atoms with van der Waals surface area (Å²) in [6.07, 6.45) is 6.84. The van der Waals surface area contributed by atoms with Crippen LogP contribution in [0.1, 0.15) is 54.9 Å². The van der Waals surface area contributed by atoms with E-state index in [1.807, 2.05) is 17.9 Å². The summed E-state index contributed by atoms with van der Waals surface area (Å²) in [7, 11) is 4.27. The van der Waals surface area contributed by atoms with Crippen molar-refractivity contribution in [3.8, 4) is 0 Å². The third-order valence-corrected chi connectivity index (χ3v) is 5.53. The molecule has 1 aliphatic carbocycles. The number of rotatable bonds is 5. The number of aromatic nitrogens is 4. The molecule has 6 heteroatoms. The van der Waals surface area contributed by atoms with Gasteiger partial charge in [0.2, 0.25) is 0 Å². The van der Waals surface area contributed by atoms with Crippen LogP contribution >= 0.6 is 0 Å². The standard InChI is InChI=1S/C19H28N6/c1-13-11-17(23-19(22-13)14-6-7-14)20-12-15-5-4-10-24(2)18(15)16-8-9-21-25(16)3/h8-9,11,14-15,18H,4-7,10,12H2,1-3H3,(H,20,22,23)/t15-,18+/m0/s1. The van der Waals surface area contributed by atoms with Gasteiger partial charge in [-0.25, -0.2) is 9.97 Å². The van der Waals surface area contributed by atoms with Crippen LogP contribution in [0.3, 0.4) is 0 Å². The quantitative estimate of drug-likeness (QED) is 0.907. The lowest BCUT2D eigenvalue weighted by Gasteiger charge is -2.39. The molecule has 1 N–H and O–H groups in total. The van der Waals surface area contributed by atoms with E-state index in [2.05, 4.69) is 46.4 Å². The molecule has 1 saturated carbocycles. The van der Waals surface area contributed by atoms with E-state index in [1.54, 1.807) is 0 Å². The van der Waals surface area contributed by atoms with Crippen LogP contribution in [-0.4, -0.2) is 44.8 Å². The van der Waals surface area contributed by atoms with Crippen LogP contribution < -0.4 is 5.32 Å². The number of aryl methyl sites for hydroxylation is 2. The molecular formula is C19H28N6. The minimum absolute atomic E-state index is 0.402. The average molecular weight is 340 g/mol. The van der Waals surface area contributed by atoms with Crippen LogP contribution in [0.4, 0.5) is 5.82 Å². The van der Waals surface area contributed by atoms with Crippen molar-refractivity contribution in [2.24, 2.45) is 13.0 Å². The lowest BCUT2D eigenvalue weighted by Crippen LogP contribution is -2.40. The number of hydrogen-bond donors (Lipinski definition) is 1. The summed E-state index contributed by atoms with van der Waals surface area (Å²) < 4.78 is 2.01. The normalized spacial score (nSPS) is 24.4. The number of piperidine rings is 1. The molecular weight excluding hydrogens is 312 g/mol. The first-order valence-electron chi connectivity index (χ1n) is 9.39. The second-order valence-electron chi connectivity index (χ2n) is 7.62. The topological polar surface area (TPSA) is 58.9 Å². The van der Waals surface area contributed by atoms with Gasteiger partial charge >= 0.3 is 0 Å². The van der Waals surface area contributed by atoms with Crippen molar-refractivity contribution in [2.75, 3.05) is 25.5 Å². The van der Waals surface area contributed by atoms with E-state index in [9.17, 15) is 0 Å². The second kappa shape index (κ2) is 6.75. The summed E-state index contributed by atoms with van der Waals surface area (Å²) in [5, 5.41) is 7.98. The van der Waals surface area contributed by atoms with Gasteiger partial charge in [0.05, 0.1) is 11.7 Å². The minimum atomic E-state index is 0.402. The first kappa shape index (κ1) is 16.5. The molecule has 2 atom stereocenters. The molecule has 6 nitrogen and oxygen atoms in total. The van der Waals surface area contributed by atoms with E-state index in [-0.39, 0.29) is 0 Å². The predicted molar refractivity (Wildman–Crippen MR) is 98.5 cm³/mol. The minimum Gasteiger partial charge on any atom is -0.370 e. The van der Waals surface area contributed by atoms with E-state index in [1.165, 1.54) is 31.4 Å². The predicted octanol–water partition coefficient (Wildman–Crippen LogP) is 2.89. The molecule has 2 aromatic rings. The molecule has 2 aliphatic rings. The lowest BCUT2D eigenvalue weighted by atomic mass is 9.87. The molecule has 134 valence electrons. The first-order valence-corrected chi connectivity index (χ1v) is 9.39. The molecule has 25 heavy (non-hydrogen) atoms. The van der Waals surface area contributed by atoms with Crippen LogP contribution in [0.5, 0.6) is 0 Å². The van der Waals surface area contributed by atoms with Crippen LogP contribution in [0.2, 0.25) is 0 Å². The molecule has 0 unspecified atom stereocenters. The summed E-state index contributed by atoms with van der Waals surface area (Å²) in [4.78, 5) is 11.8. The molecule has 3 heterocycles. The maximum Gasteiger partial charge on any atom is 0.134 e. The fraction of sp³-hybridized carbons (Fsp3) is 0.632. The Balaban J connectivity index is 1.50. The first-order chi connectivity index (χ1) is 12.1. The summed E-state index contributed by atoms with van der Waals surface area (Å²) in [6, 6.07) is 4.62. The zero-order chi connectivity index (χ0) is 17.4. The Kier molecular flexibility index (Phi) is 4.46. The smallest absolute Gasteiger partial charge is 0.134 e. The molecule has 0 spiro atoms. The van der Waals surface area contributed by atoms with Crippen molar-refractivity contribution >= 4 is 5.82 Å². The monoisotopic (exact) mass is 340 g/mol. The number of hydrogen-bond acceptors (Lipinski definition) is 5. The Labute approximate surface area is 149 Å². The van der Waals surface area contributed by atoms with E-state index in [0.717, 1.165) is 30.4 Å². The highest BCUT2D eigenvalue weighted by Gasteiger charge is 2.32. The van der Waals surface area contributed by atoms with Crippen molar-refractivity contribution in [1.82, 2.24) is 24.6 Å². The van der Waals surface area contributed by atoms with E-state index < -0.39 is 0 Å². The van der Waals surface area contributed by atoms with E-state index in [4.69, 9.17) is 4.98 Å². The van der Waals surface area contributed by atoms with Gasteiger partial charge in [0, 0.05) is 37.5 Å². The Morgan fingerprint density at radius 2 is 2.04 bits per heavy atom. The van der Waals surface area contributed by atoms with E-state index in [0.29, 0.717) is 17.9 Å².